The Bertz CT molecular complexity index is 476. The first-order valence-corrected chi connectivity index (χ1v) is 7.60. The smallest absolute Gasteiger partial charge is 0.248 e. The lowest BCUT2D eigenvalue weighted by atomic mass is 9.76. The predicted molar refractivity (Wildman–Crippen MR) is 82.6 cm³/mol. The largest absolute Gasteiger partial charge is 0.366 e. The van der Waals surface area contributed by atoms with Gasteiger partial charge in [-0.05, 0) is 48.4 Å². The zero-order valence-electron chi connectivity index (χ0n) is 12.7. The van der Waals surface area contributed by atoms with Crippen molar-refractivity contribution in [2.24, 2.45) is 11.1 Å². The summed E-state index contributed by atoms with van der Waals surface area (Å²) in [7, 11) is 0. The van der Waals surface area contributed by atoms with Crippen molar-refractivity contribution in [2.45, 2.75) is 52.5 Å². The summed E-state index contributed by atoms with van der Waals surface area (Å²) < 4.78 is 0. The van der Waals surface area contributed by atoms with Crippen LogP contribution in [0.15, 0.2) is 18.2 Å². The third-order valence-corrected chi connectivity index (χ3v) is 4.55. The molecule has 0 aromatic heterocycles. The molecule has 2 rings (SSSR count). The lowest BCUT2D eigenvalue weighted by molar-refractivity contribution is 0.1000. The van der Waals surface area contributed by atoms with E-state index >= 15 is 0 Å². The maximum atomic E-state index is 11.1. The molecule has 3 heteroatoms. The lowest BCUT2D eigenvalue weighted by Crippen LogP contribution is -2.33. The van der Waals surface area contributed by atoms with Crippen LogP contribution >= 0.6 is 0 Å². The molecule has 110 valence electrons. The van der Waals surface area contributed by atoms with E-state index in [9.17, 15) is 4.79 Å². The second kappa shape index (κ2) is 6.40. The van der Waals surface area contributed by atoms with Gasteiger partial charge in [-0.2, -0.15) is 0 Å². The molecule has 1 aliphatic rings. The summed E-state index contributed by atoms with van der Waals surface area (Å²) in [5.74, 6) is -0.359. The van der Waals surface area contributed by atoms with Gasteiger partial charge in [-0.1, -0.05) is 32.3 Å². The highest BCUT2D eigenvalue weighted by molar-refractivity contribution is 5.93. The van der Waals surface area contributed by atoms with Crippen LogP contribution in [0.3, 0.4) is 0 Å². The van der Waals surface area contributed by atoms with Crippen LogP contribution in [0, 0.1) is 12.3 Å². The van der Waals surface area contributed by atoms with E-state index in [0.717, 1.165) is 18.7 Å². The van der Waals surface area contributed by atoms with Crippen molar-refractivity contribution < 1.29 is 4.79 Å². The van der Waals surface area contributed by atoms with Crippen LogP contribution in [0.4, 0.5) is 0 Å². The number of carbonyl (C=O) groups is 1. The summed E-state index contributed by atoms with van der Waals surface area (Å²) in [5.41, 5.74) is 8.71. The molecule has 0 saturated heterocycles. The molecule has 1 saturated carbocycles. The maximum absolute atomic E-state index is 11.1. The van der Waals surface area contributed by atoms with Gasteiger partial charge >= 0.3 is 0 Å². The Hall–Kier alpha value is -1.35. The third-order valence-electron chi connectivity index (χ3n) is 4.55. The SMILES string of the molecule is Cc1cc(C(N)=O)ccc1CNCC1(C)CCCCC1. The van der Waals surface area contributed by atoms with E-state index in [0.29, 0.717) is 11.0 Å². The van der Waals surface area contributed by atoms with Gasteiger partial charge in [0.25, 0.3) is 0 Å². The Morgan fingerprint density at radius 2 is 2.00 bits per heavy atom. The van der Waals surface area contributed by atoms with Gasteiger partial charge in [-0.3, -0.25) is 4.79 Å². The normalized spacial score (nSPS) is 17.9. The number of primary amides is 1. The summed E-state index contributed by atoms with van der Waals surface area (Å²) in [6.07, 6.45) is 6.79. The van der Waals surface area contributed by atoms with Crippen molar-refractivity contribution >= 4 is 5.91 Å². The van der Waals surface area contributed by atoms with E-state index in [1.54, 1.807) is 0 Å². The third kappa shape index (κ3) is 3.83. The molecular weight excluding hydrogens is 248 g/mol. The molecule has 1 aromatic rings. The minimum absolute atomic E-state index is 0.359. The number of hydrogen-bond donors (Lipinski definition) is 2. The summed E-state index contributed by atoms with van der Waals surface area (Å²) in [6, 6.07) is 5.70. The Labute approximate surface area is 121 Å². The van der Waals surface area contributed by atoms with Crippen molar-refractivity contribution in [1.82, 2.24) is 5.32 Å². The van der Waals surface area contributed by atoms with E-state index in [1.807, 2.05) is 25.1 Å². The highest BCUT2D eigenvalue weighted by Gasteiger charge is 2.25. The van der Waals surface area contributed by atoms with E-state index in [4.69, 9.17) is 5.73 Å². The topological polar surface area (TPSA) is 55.1 Å². The van der Waals surface area contributed by atoms with Crippen LogP contribution in [-0.2, 0) is 6.54 Å². The van der Waals surface area contributed by atoms with Crippen LogP contribution in [0.2, 0.25) is 0 Å². The Kier molecular flexibility index (Phi) is 4.81. The second-order valence-electron chi connectivity index (χ2n) is 6.48. The molecule has 3 N–H and O–H groups in total. The van der Waals surface area contributed by atoms with Gasteiger partial charge in [0.15, 0.2) is 0 Å². The first-order valence-electron chi connectivity index (χ1n) is 7.60. The molecule has 0 heterocycles. The molecule has 1 aliphatic carbocycles. The molecule has 0 atom stereocenters. The minimum atomic E-state index is -0.359. The number of rotatable bonds is 5. The zero-order valence-corrected chi connectivity index (χ0v) is 12.7. The highest BCUT2D eigenvalue weighted by Crippen LogP contribution is 2.34. The standard InChI is InChI=1S/C17H26N2O/c1-13-10-14(16(18)20)6-7-15(13)11-19-12-17(2)8-4-3-5-9-17/h6-7,10,19H,3-5,8-9,11-12H2,1-2H3,(H2,18,20). The fourth-order valence-corrected chi connectivity index (χ4v) is 3.13. The number of aryl methyl sites for hydroxylation is 1. The van der Waals surface area contributed by atoms with Crippen LogP contribution in [0.1, 0.15) is 60.5 Å². The Morgan fingerprint density at radius 1 is 1.30 bits per heavy atom. The number of amides is 1. The summed E-state index contributed by atoms with van der Waals surface area (Å²) in [4.78, 5) is 11.1. The molecule has 0 radical (unpaired) electrons. The summed E-state index contributed by atoms with van der Waals surface area (Å²) in [5, 5.41) is 3.59. The van der Waals surface area contributed by atoms with Crippen LogP contribution < -0.4 is 11.1 Å². The number of hydrogen-bond acceptors (Lipinski definition) is 2. The average molecular weight is 274 g/mol. The first kappa shape index (κ1) is 15.0. The second-order valence-corrected chi connectivity index (χ2v) is 6.48. The van der Waals surface area contributed by atoms with Crippen LogP contribution in [-0.4, -0.2) is 12.5 Å². The van der Waals surface area contributed by atoms with Gasteiger partial charge < -0.3 is 11.1 Å². The molecular formula is C17H26N2O. The zero-order chi connectivity index (χ0) is 14.6. The van der Waals surface area contributed by atoms with Gasteiger partial charge in [0, 0.05) is 18.7 Å². The van der Waals surface area contributed by atoms with Crippen molar-refractivity contribution in [1.29, 1.82) is 0 Å². The van der Waals surface area contributed by atoms with Crippen LogP contribution in [0.5, 0.6) is 0 Å². The van der Waals surface area contributed by atoms with Gasteiger partial charge in [-0.15, -0.1) is 0 Å². The molecule has 0 unspecified atom stereocenters. The molecule has 20 heavy (non-hydrogen) atoms. The van der Waals surface area contributed by atoms with Crippen molar-refractivity contribution in [2.75, 3.05) is 6.54 Å². The number of benzene rings is 1. The lowest BCUT2D eigenvalue weighted by Gasteiger charge is -2.33. The number of carbonyl (C=O) groups excluding carboxylic acids is 1. The fourth-order valence-electron chi connectivity index (χ4n) is 3.13. The highest BCUT2D eigenvalue weighted by atomic mass is 16.1. The first-order chi connectivity index (χ1) is 9.50. The average Bonchev–Trinajstić information content (AvgIpc) is 2.41. The predicted octanol–water partition coefficient (Wildman–Crippen LogP) is 3.15. The van der Waals surface area contributed by atoms with Gasteiger partial charge in [-0.25, -0.2) is 0 Å². The van der Waals surface area contributed by atoms with Crippen molar-refractivity contribution in [3.05, 3.63) is 34.9 Å². The summed E-state index contributed by atoms with van der Waals surface area (Å²) >= 11 is 0. The van der Waals surface area contributed by atoms with E-state index in [2.05, 4.69) is 12.2 Å². The van der Waals surface area contributed by atoms with Crippen LogP contribution in [0.25, 0.3) is 0 Å². The van der Waals surface area contributed by atoms with E-state index in [1.165, 1.54) is 37.7 Å². The van der Waals surface area contributed by atoms with Gasteiger partial charge in [0.2, 0.25) is 5.91 Å². The van der Waals surface area contributed by atoms with E-state index < -0.39 is 0 Å². The van der Waals surface area contributed by atoms with Crippen molar-refractivity contribution in [3.63, 3.8) is 0 Å². The number of nitrogens with one attached hydrogen (secondary N) is 1. The summed E-state index contributed by atoms with van der Waals surface area (Å²) in [6.45, 7) is 6.36. The quantitative estimate of drug-likeness (QED) is 0.866. The number of nitrogens with two attached hydrogens (primary N) is 1. The fraction of sp³-hybridized carbons (Fsp3) is 0.588. The molecule has 0 aliphatic heterocycles. The molecule has 3 nitrogen and oxygen atoms in total. The Balaban J connectivity index is 1.89. The molecule has 1 fully saturated rings. The molecule has 1 aromatic carbocycles. The van der Waals surface area contributed by atoms with Gasteiger partial charge in [0.1, 0.15) is 0 Å². The van der Waals surface area contributed by atoms with Crippen molar-refractivity contribution in [3.8, 4) is 0 Å². The molecule has 1 amide bonds. The minimum Gasteiger partial charge on any atom is -0.366 e. The van der Waals surface area contributed by atoms with E-state index in [-0.39, 0.29) is 5.91 Å². The Morgan fingerprint density at radius 3 is 2.60 bits per heavy atom. The molecule has 0 spiro atoms. The molecule has 0 bridgehead atoms. The van der Waals surface area contributed by atoms with Gasteiger partial charge in [0.05, 0.1) is 0 Å². The monoisotopic (exact) mass is 274 g/mol. The maximum Gasteiger partial charge on any atom is 0.248 e.